The maximum Gasteiger partial charge on any atom is 0.176 e. The van der Waals surface area contributed by atoms with Crippen LogP contribution >= 0.6 is 102 Å². The summed E-state index contributed by atoms with van der Waals surface area (Å²) < 4.78 is 152. The second-order valence-electron chi connectivity index (χ2n) is 34.9. The quantitative estimate of drug-likeness (QED) is 0.0278. The van der Waals surface area contributed by atoms with E-state index >= 15 is 8.78 Å². The van der Waals surface area contributed by atoms with Gasteiger partial charge in [0.15, 0.2) is 65.4 Å². The molecule has 0 saturated carbocycles. The zero-order valence-electron chi connectivity index (χ0n) is 76.3. The number of nitrogens with one attached hydrogen (secondary N) is 3. The van der Waals surface area contributed by atoms with Crippen LogP contribution in [-0.2, 0) is 28.4 Å². The third-order valence-electron chi connectivity index (χ3n) is 26.6. The summed E-state index contributed by atoms with van der Waals surface area (Å²) in [4.78, 5) is 51.7. The predicted molar refractivity (Wildman–Crippen MR) is 546 cm³/mol. The molecule has 5 fully saturated rings. The molecule has 40 heteroatoms. The molecule has 9 unspecified atom stereocenters. The minimum Gasteiger partial charge on any atom is -0.395 e. The molecular weight excluding hydrogens is 1970 g/mol. The van der Waals surface area contributed by atoms with Crippen molar-refractivity contribution < 1.29 is 68.7 Å². The van der Waals surface area contributed by atoms with Crippen molar-refractivity contribution >= 4 is 235 Å². The molecule has 23 rings (SSSR count). The summed E-state index contributed by atoms with van der Waals surface area (Å²) in [7, 11) is 0. The first-order valence-corrected chi connectivity index (χ1v) is 53.6. The average molecular weight is 2070 g/mol. The number of hydrogen-bond donors (Lipinski definition) is 5. The lowest BCUT2D eigenvalue weighted by Crippen LogP contribution is -2.34. The monoisotopic (exact) mass is 2070 g/mol. The third-order valence-corrected chi connectivity index (χ3v) is 34.6. The molecule has 5 saturated heterocycles. The molecule has 6 N–H and O–H groups in total. The summed E-state index contributed by atoms with van der Waals surface area (Å²) in [6.07, 6.45) is 23.2. The van der Waals surface area contributed by atoms with Crippen molar-refractivity contribution in [2.45, 2.75) is 153 Å². The summed E-state index contributed by atoms with van der Waals surface area (Å²) in [5.41, 5.74) is 15.2. The molecule has 19 heterocycles. The highest BCUT2D eigenvalue weighted by Gasteiger charge is 2.37. The van der Waals surface area contributed by atoms with Crippen LogP contribution in [0.1, 0.15) is 130 Å². The Hall–Kier alpha value is -9.15. The molecule has 139 heavy (non-hydrogen) atoms. The number of benzene rings is 4. The third kappa shape index (κ3) is 21.9. The number of nitrogens with zero attached hydrogens (tertiary/aromatic N) is 12. The van der Waals surface area contributed by atoms with Crippen molar-refractivity contribution in [1.29, 1.82) is 0 Å². The Kier molecular flexibility index (Phi) is 31.8. The Morgan fingerprint density at radius 2 is 0.770 bits per heavy atom. The molecule has 7 aliphatic heterocycles. The van der Waals surface area contributed by atoms with Gasteiger partial charge in [-0.15, -0.1) is 90.7 Å². The Morgan fingerprint density at radius 3 is 1.16 bits per heavy atom. The van der Waals surface area contributed by atoms with Gasteiger partial charge < -0.3 is 55.2 Å². The van der Waals surface area contributed by atoms with E-state index in [0.717, 1.165) is 181 Å². The number of thiazole rings is 4. The summed E-state index contributed by atoms with van der Waals surface area (Å²) in [5, 5.41) is 22.6. The standard InChI is InChI=1S/C26H28F2N4O2S2.C26H26F2N4O2S2.C21H20F2N4OS2.C19H23ClN2O2S.C7H4F2N2S/c2*1-15-16(6-8-32(15)9-11-34-22-4-2-3-10-33-22)20-12-17-19(5-7-29-26(17)36-20)31-24-18(27)13-21-25(23(24)28)30-14-35-21;1-11-12(3-5-27(11)6-7-28)16-8-13-15(2-4-24-21(13)30-16)26-19-14(22)9-17-20(18(19)23)25-10-29-17;1-13-14(17-12-15-16(20)5-7-21-19(15)25-17)6-8-22(13)9-11-24-18-4-2-3-10-23-18;8-3-1-4-7(11-2-12-4)5(9)6(3)10/h5,7,12-16,22H,2-4,6,8-11H2,1H3,(H,29,31);5-7,12-15,22H,2-4,8-11H2,1H3,(H,29,31);2,4,8-12,28H,3,5-7H2,1H3,(H,24,26);5-7,12-13,18H,2-4,8-11H2,1H3;1-2H,10H2. The summed E-state index contributed by atoms with van der Waals surface area (Å²) in [6.45, 7) is 20.6. The molecular formula is C99H101ClF8N16O7S8. The number of rotatable bonds is 24. The lowest BCUT2D eigenvalue weighted by Gasteiger charge is -2.26. The van der Waals surface area contributed by atoms with Crippen LogP contribution in [0, 0.1) is 46.5 Å². The number of thiophene rings is 4. The van der Waals surface area contributed by atoms with E-state index in [1.165, 1.54) is 130 Å². The van der Waals surface area contributed by atoms with Gasteiger partial charge in [-0.2, -0.15) is 0 Å². The normalized spacial score (nSPS) is 21.1. The average Bonchev–Trinajstić information content (AvgIpc) is 1.64. The van der Waals surface area contributed by atoms with Crippen LogP contribution in [0.2, 0.25) is 5.02 Å². The van der Waals surface area contributed by atoms with Crippen molar-refractivity contribution in [3.8, 4) is 0 Å². The molecule has 7 aliphatic rings. The lowest BCUT2D eigenvalue weighted by molar-refractivity contribution is -0.164. The number of fused-ring (bicyclic) bond motifs is 8. The van der Waals surface area contributed by atoms with Gasteiger partial charge in [-0.25, -0.2) is 75.0 Å². The highest BCUT2D eigenvalue weighted by atomic mass is 35.5. The van der Waals surface area contributed by atoms with Crippen molar-refractivity contribution in [3.05, 3.63) is 203 Å². The summed E-state index contributed by atoms with van der Waals surface area (Å²) in [5.74, 6) is -4.74. The number of aromatic nitrogens is 8. The zero-order valence-corrected chi connectivity index (χ0v) is 83.6. The molecule has 9 atom stereocenters. The van der Waals surface area contributed by atoms with Crippen LogP contribution in [0.15, 0.2) is 132 Å². The molecule has 0 aliphatic carbocycles. The number of halogens is 9. The Labute approximate surface area is 833 Å². The lowest BCUT2D eigenvalue weighted by atomic mass is 9.99. The van der Waals surface area contributed by atoms with E-state index in [-0.39, 0.29) is 70.6 Å². The number of aliphatic hydroxyl groups is 1. The van der Waals surface area contributed by atoms with Gasteiger partial charge in [0.05, 0.1) is 89.4 Å². The van der Waals surface area contributed by atoms with E-state index < -0.39 is 52.2 Å². The minimum absolute atomic E-state index is 0.00472. The van der Waals surface area contributed by atoms with Gasteiger partial charge in [0, 0.05) is 161 Å². The molecule has 4 aromatic carbocycles. The minimum atomic E-state index is -0.772. The number of anilines is 7. The van der Waals surface area contributed by atoms with Crippen LogP contribution in [0.4, 0.5) is 74.9 Å². The smallest absolute Gasteiger partial charge is 0.176 e. The zero-order chi connectivity index (χ0) is 96.1. The van der Waals surface area contributed by atoms with E-state index in [4.69, 9.17) is 45.8 Å². The highest BCUT2D eigenvalue weighted by Crippen LogP contribution is 2.47. The van der Waals surface area contributed by atoms with E-state index in [1.54, 1.807) is 88.3 Å². The summed E-state index contributed by atoms with van der Waals surface area (Å²) in [6, 6.07) is 22.0. The molecule has 0 radical (unpaired) electrons. The fraction of sp³-hybridized carbons (Fsp3) is 0.394. The van der Waals surface area contributed by atoms with Gasteiger partial charge in [0.25, 0.3) is 0 Å². The Balaban J connectivity index is 0.000000114. The summed E-state index contributed by atoms with van der Waals surface area (Å²) >= 11 is 17.7. The SMILES string of the molecule is CC1C(c2cc3c(Cl)ccnc3s2)=CCN1CCOC1CCCCO1.CC1C(c2cc3c(Nc4c(F)cc5scnc5c4F)ccnc3s2)=CCN1CCOC1CCCCO1.CC1C(c2cc3c(Nc4c(F)cc5scnc5c4F)ccnc3s2)CCN1CCO.CC1C(c2cc3c(Nc4c(F)cc5scnc5c4F)ccnc3s2)CCN1CCOC1CCCCO1.Nc1c(F)cc2scnc2c1F. The van der Waals surface area contributed by atoms with Crippen molar-refractivity contribution in [3.63, 3.8) is 0 Å². The molecule has 23 nitrogen and oxygen atoms in total. The Bertz CT molecular complexity index is 7080. The fourth-order valence-corrected chi connectivity index (χ4v) is 26.7. The van der Waals surface area contributed by atoms with Crippen molar-refractivity contribution in [2.24, 2.45) is 0 Å². The number of likely N-dealkylation sites (tertiary alicyclic amines) is 2. The maximum atomic E-state index is 15.0. The van der Waals surface area contributed by atoms with Gasteiger partial charge >= 0.3 is 0 Å². The van der Waals surface area contributed by atoms with Crippen LogP contribution < -0.4 is 21.7 Å². The molecule has 0 spiro atoms. The van der Waals surface area contributed by atoms with Gasteiger partial charge in [-0.3, -0.25) is 19.6 Å². The largest absolute Gasteiger partial charge is 0.395 e. The second-order valence-corrected chi connectivity index (χ2v) is 43.0. The van der Waals surface area contributed by atoms with E-state index in [0.29, 0.717) is 85.6 Å². The molecule has 0 amide bonds. The molecule has 12 aromatic heterocycles. The van der Waals surface area contributed by atoms with E-state index in [1.807, 2.05) is 6.07 Å². The van der Waals surface area contributed by atoms with E-state index in [2.05, 4.69) is 140 Å². The van der Waals surface area contributed by atoms with Crippen LogP contribution in [0.5, 0.6) is 0 Å². The number of ether oxygens (including phenoxy) is 6. The molecule has 16 aromatic rings. The number of nitrogen functional groups attached to an aromatic ring is 1. The van der Waals surface area contributed by atoms with Crippen LogP contribution in [0.25, 0.3) is 92.9 Å². The number of aliphatic hydroxyl groups excluding tert-OH is 1. The number of β-amino-alcohol motifs (C(OH)–C–C–N with tert-alkyl or cyclic N) is 1. The highest BCUT2D eigenvalue weighted by molar-refractivity contribution is 7.21. The maximum absolute atomic E-state index is 15.0. The van der Waals surface area contributed by atoms with Gasteiger partial charge in [0.2, 0.25) is 0 Å². The number of pyridine rings is 4. The first-order valence-electron chi connectivity index (χ1n) is 46.4. The predicted octanol–water partition coefficient (Wildman–Crippen LogP) is 25.0. The molecule has 0 bridgehead atoms. The number of nitrogens with two attached hydrogens (primary N) is 1. The first-order chi connectivity index (χ1) is 67.6. The van der Waals surface area contributed by atoms with Gasteiger partial charge in [0.1, 0.15) is 64.1 Å². The fourth-order valence-electron chi connectivity index (χ4n) is 18.9. The van der Waals surface area contributed by atoms with Gasteiger partial charge in [-0.05, 0) is 195 Å². The Morgan fingerprint density at radius 1 is 0.417 bits per heavy atom. The van der Waals surface area contributed by atoms with Crippen LogP contribution in [-0.4, -0.2) is 206 Å². The van der Waals surface area contributed by atoms with E-state index in [9.17, 15) is 31.4 Å². The first kappa shape index (κ1) is 98.6. The number of hydrogen-bond acceptors (Lipinski definition) is 31. The van der Waals surface area contributed by atoms with Crippen LogP contribution in [0.3, 0.4) is 0 Å². The molecule has 730 valence electrons. The van der Waals surface area contributed by atoms with Gasteiger partial charge in [-0.1, -0.05) is 23.8 Å². The topological polar surface area (TPSA) is 254 Å². The van der Waals surface area contributed by atoms with Crippen molar-refractivity contribution in [1.82, 2.24) is 59.5 Å². The van der Waals surface area contributed by atoms with Crippen molar-refractivity contribution in [2.75, 3.05) is 120 Å². The second kappa shape index (κ2) is 44.8.